The minimum absolute atomic E-state index is 0. The van der Waals surface area contributed by atoms with Gasteiger partial charge in [-0.2, -0.15) is 12.1 Å². The normalized spacial score (nSPS) is 10.5. The number of aryl methyl sites for hydroxylation is 4. The number of hydrogen-bond acceptors (Lipinski definition) is 0. The molecular formula is C42H48SiZr. The first-order valence-corrected chi connectivity index (χ1v) is 18.2. The molecule has 0 atom stereocenters. The molecule has 0 unspecified atom stereocenters. The van der Waals surface area contributed by atoms with E-state index in [9.17, 15) is 0 Å². The molecule has 0 bridgehead atoms. The van der Waals surface area contributed by atoms with Gasteiger partial charge in [-0.1, -0.05) is 125 Å². The van der Waals surface area contributed by atoms with Gasteiger partial charge in [0.25, 0.3) is 0 Å². The largest absolute Gasteiger partial charge is 2.00 e. The molecule has 0 saturated carbocycles. The van der Waals surface area contributed by atoms with Crippen molar-refractivity contribution in [3.8, 4) is 22.3 Å². The molecule has 0 nitrogen and oxygen atoms in total. The van der Waals surface area contributed by atoms with E-state index in [0.717, 1.165) is 22.4 Å². The van der Waals surface area contributed by atoms with Crippen LogP contribution in [0.25, 0.3) is 43.8 Å². The van der Waals surface area contributed by atoms with Crippen LogP contribution in [0.3, 0.4) is 0 Å². The molecule has 2 radical (unpaired) electrons. The zero-order valence-corrected chi connectivity index (χ0v) is 31.1. The molecule has 6 rings (SSSR count). The van der Waals surface area contributed by atoms with Crippen LogP contribution < -0.4 is 0 Å². The molecule has 0 aliphatic heterocycles. The quantitative estimate of drug-likeness (QED) is 0.112. The molecule has 0 amide bonds. The monoisotopic (exact) mass is 670 g/mol. The van der Waals surface area contributed by atoms with Gasteiger partial charge in [-0.25, -0.2) is 0 Å². The summed E-state index contributed by atoms with van der Waals surface area (Å²) in [7, 11) is 1.08. The molecule has 0 aliphatic carbocycles. The third-order valence-corrected chi connectivity index (χ3v) is 8.04. The Bertz CT molecular complexity index is 1560. The van der Waals surface area contributed by atoms with Gasteiger partial charge < -0.3 is 0 Å². The van der Waals surface area contributed by atoms with Gasteiger partial charge in [0.2, 0.25) is 0 Å². The topological polar surface area (TPSA) is 0 Å². The van der Waals surface area contributed by atoms with E-state index in [4.69, 9.17) is 0 Å². The van der Waals surface area contributed by atoms with Crippen LogP contribution in [0.4, 0.5) is 0 Å². The van der Waals surface area contributed by atoms with Crippen molar-refractivity contribution in [2.45, 2.75) is 79.3 Å². The van der Waals surface area contributed by atoms with E-state index in [1.165, 1.54) is 91.7 Å². The second kappa shape index (κ2) is 18.2. The van der Waals surface area contributed by atoms with Crippen molar-refractivity contribution in [3.05, 3.63) is 131 Å². The van der Waals surface area contributed by atoms with E-state index >= 15 is 0 Å². The third-order valence-electron chi connectivity index (χ3n) is 8.04. The van der Waals surface area contributed by atoms with Crippen LogP contribution in [0.2, 0.25) is 13.1 Å². The summed E-state index contributed by atoms with van der Waals surface area (Å²) in [4.78, 5) is 0. The Balaban J connectivity index is 0.000000216. The molecule has 0 aliphatic rings. The van der Waals surface area contributed by atoms with E-state index in [2.05, 4.69) is 150 Å². The first kappa shape index (κ1) is 35.7. The summed E-state index contributed by atoms with van der Waals surface area (Å²) >= 11 is 0. The van der Waals surface area contributed by atoms with Gasteiger partial charge >= 0.3 is 26.2 Å². The fourth-order valence-electron chi connectivity index (χ4n) is 5.80. The number of fused-ring (bicyclic) bond motifs is 2. The first-order chi connectivity index (χ1) is 21.0. The molecule has 0 N–H and O–H groups in total. The maximum atomic E-state index is 2.36. The molecule has 224 valence electrons. The number of benzene rings is 4. The molecule has 0 spiro atoms. The maximum absolute atomic E-state index is 2.36. The van der Waals surface area contributed by atoms with Crippen LogP contribution in [-0.4, -0.2) is 9.52 Å². The fourth-order valence-corrected chi connectivity index (χ4v) is 5.80. The van der Waals surface area contributed by atoms with Crippen LogP contribution in [0, 0.1) is 0 Å². The van der Waals surface area contributed by atoms with Crippen molar-refractivity contribution in [1.82, 2.24) is 0 Å². The van der Waals surface area contributed by atoms with E-state index in [1.54, 1.807) is 0 Å². The van der Waals surface area contributed by atoms with Gasteiger partial charge in [0.1, 0.15) is 0 Å². The second-order valence-electron chi connectivity index (χ2n) is 11.4. The molecule has 6 aromatic carbocycles. The summed E-state index contributed by atoms with van der Waals surface area (Å²) in [6.45, 7) is 13.2. The Kier molecular flexibility index (Phi) is 14.8. The Morgan fingerprint density at radius 2 is 0.886 bits per heavy atom. The van der Waals surface area contributed by atoms with Crippen LogP contribution >= 0.6 is 0 Å². The minimum atomic E-state index is 0. The Labute approximate surface area is 288 Å². The smallest absolute Gasteiger partial charge is 0.164 e. The fraction of sp³-hybridized carbons (Fsp3) is 0.286. The Hall–Kier alpha value is -2.80. The summed E-state index contributed by atoms with van der Waals surface area (Å²) in [6.07, 6.45) is 6.95. The first-order valence-electron chi connectivity index (χ1n) is 16.2. The molecule has 0 aromatic heterocycles. The van der Waals surface area contributed by atoms with Crippen LogP contribution in [0.15, 0.2) is 109 Å². The summed E-state index contributed by atoms with van der Waals surface area (Å²) in [6, 6.07) is 40.6. The van der Waals surface area contributed by atoms with Crippen molar-refractivity contribution < 1.29 is 26.2 Å². The van der Waals surface area contributed by atoms with Gasteiger partial charge in [0.15, 0.2) is 0 Å². The van der Waals surface area contributed by atoms with E-state index in [1.807, 2.05) is 0 Å². The zero-order chi connectivity index (χ0) is 30.6. The SMILES string of the molecule is CCCc1cc2c(-c3ccc(CC)cc3)cccc2[cH-]1.CCCc1cc2c(-c3ccc(CC)cc3)cccc2[cH-]1.C[Si]C.[Zr+2]. The molecule has 0 heterocycles. The average Bonchev–Trinajstić information content (AvgIpc) is 3.65. The molecular weight excluding hydrogens is 624 g/mol. The molecule has 2 heteroatoms. The maximum Gasteiger partial charge on any atom is 2.00 e. The average molecular weight is 672 g/mol. The van der Waals surface area contributed by atoms with Crippen molar-refractivity contribution in [2.24, 2.45) is 0 Å². The van der Waals surface area contributed by atoms with Crippen molar-refractivity contribution in [1.29, 1.82) is 0 Å². The van der Waals surface area contributed by atoms with Gasteiger partial charge in [0, 0.05) is 9.52 Å². The summed E-state index contributed by atoms with van der Waals surface area (Å²) < 4.78 is 0. The summed E-state index contributed by atoms with van der Waals surface area (Å²) in [5.41, 5.74) is 11.1. The minimum Gasteiger partial charge on any atom is -0.164 e. The van der Waals surface area contributed by atoms with Gasteiger partial charge in [-0.3, -0.25) is 0 Å². The van der Waals surface area contributed by atoms with E-state index in [-0.39, 0.29) is 26.2 Å². The van der Waals surface area contributed by atoms with Crippen LogP contribution in [-0.2, 0) is 51.9 Å². The van der Waals surface area contributed by atoms with Crippen molar-refractivity contribution >= 4 is 31.1 Å². The van der Waals surface area contributed by atoms with Crippen molar-refractivity contribution in [3.63, 3.8) is 0 Å². The number of rotatable bonds is 8. The third kappa shape index (κ3) is 9.12. The second-order valence-corrected chi connectivity index (χ2v) is 12.4. The van der Waals surface area contributed by atoms with E-state index < -0.39 is 0 Å². The predicted molar refractivity (Wildman–Crippen MR) is 194 cm³/mol. The van der Waals surface area contributed by atoms with Gasteiger partial charge in [0.05, 0.1) is 0 Å². The van der Waals surface area contributed by atoms with Crippen LogP contribution in [0.1, 0.15) is 62.8 Å². The number of hydrogen-bond donors (Lipinski definition) is 0. The summed E-state index contributed by atoms with van der Waals surface area (Å²) in [5.74, 6) is 0. The molecule has 0 fully saturated rings. The van der Waals surface area contributed by atoms with E-state index in [0.29, 0.717) is 0 Å². The van der Waals surface area contributed by atoms with Gasteiger partial charge in [-0.15, -0.1) is 69.1 Å². The van der Waals surface area contributed by atoms with Gasteiger partial charge in [-0.05, 0) is 47.9 Å². The predicted octanol–water partition coefficient (Wildman–Crippen LogP) is 12.3. The zero-order valence-electron chi connectivity index (χ0n) is 27.6. The van der Waals surface area contributed by atoms with Crippen LogP contribution in [0.5, 0.6) is 0 Å². The Morgan fingerprint density at radius 3 is 1.20 bits per heavy atom. The molecule has 6 aromatic rings. The summed E-state index contributed by atoms with van der Waals surface area (Å²) in [5, 5.41) is 5.51. The van der Waals surface area contributed by atoms with Crippen molar-refractivity contribution in [2.75, 3.05) is 0 Å². The Morgan fingerprint density at radius 1 is 0.523 bits per heavy atom. The molecule has 0 saturated heterocycles. The molecule has 44 heavy (non-hydrogen) atoms. The standard InChI is InChI=1S/2C20H21.C2H6Si.Zr/c2*1-3-6-16-13-18-7-5-8-19(20(18)14-16)17-11-9-15(4-2)10-12-17;1-3-2;/h2*5,7-14H,3-4,6H2,1-2H3;1-2H3;/q2*-1;;+2.